The molecule has 2 unspecified atom stereocenters. The van der Waals surface area contributed by atoms with E-state index in [1.165, 1.54) is 0 Å². The molecule has 1 amide bonds. The van der Waals surface area contributed by atoms with Crippen LogP contribution >= 0.6 is 12.2 Å². The summed E-state index contributed by atoms with van der Waals surface area (Å²) in [5.74, 6) is 0.286. The molecule has 0 aromatic carbocycles. The van der Waals surface area contributed by atoms with Gasteiger partial charge in [-0.25, -0.2) is 0 Å². The zero-order valence-corrected chi connectivity index (χ0v) is 11.7. The number of rotatable bonds is 3. The largest absolute Gasteiger partial charge is 0.393 e. The second-order valence-electron chi connectivity index (χ2n) is 5.69. The fraction of sp³-hybridized carbons (Fsp3) is 0.846. The van der Waals surface area contributed by atoms with E-state index in [9.17, 15) is 9.90 Å². The van der Waals surface area contributed by atoms with E-state index in [4.69, 9.17) is 18.0 Å². The number of nitrogens with zero attached hydrogens (tertiary/aromatic N) is 1. The van der Waals surface area contributed by atoms with E-state index >= 15 is 0 Å². The summed E-state index contributed by atoms with van der Waals surface area (Å²) >= 11 is 5.14. The van der Waals surface area contributed by atoms with Crippen molar-refractivity contribution in [2.75, 3.05) is 13.1 Å². The molecule has 3 N–H and O–H groups in total. The van der Waals surface area contributed by atoms with Crippen molar-refractivity contribution in [1.82, 2.24) is 4.90 Å². The average molecular weight is 270 g/mol. The molecule has 0 aromatic heterocycles. The minimum absolute atomic E-state index is 0.0932. The molecule has 18 heavy (non-hydrogen) atoms. The minimum atomic E-state index is -0.594. The normalized spacial score (nSPS) is 28.3. The van der Waals surface area contributed by atoms with Crippen molar-refractivity contribution >= 4 is 23.1 Å². The van der Waals surface area contributed by atoms with Gasteiger partial charge in [-0.2, -0.15) is 0 Å². The number of thiocarbonyl (C=S) groups is 1. The lowest BCUT2D eigenvalue weighted by Gasteiger charge is -2.31. The quantitative estimate of drug-likeness (QED) is 0.753. The average Bonchev–Trinajstić information content (AvgIpc) is 2.98. The monoisotopic (exact) mass is 270 g/mol. The van der Waals surface area contributed by atoms with Crippen LogP contribution in [-0.4, -0.2) is 40.1 Å². The van der Waals surface area contributed by atoms with Gasteiger partial charge in [0.25, 0.3) is 0 Å². The summed E-state index contributed by atoms with van der Waals surface area (Å²) in [6.45, 7) is 3.15. The summed E-state index contributed by atoms with van der Waals surface area (Å²) in [4.78, 5) is 14.9. The van der Waals surface area contributed by atoms with Crippen molar-refractivity contribution in [2.45, 2.75) is 45.1 Å². The van der Waals surface area contributed by atoms with Gasteiger partial charge in [0.05, 0.1) is 16.5 Å². The fourth-order valence-electron chi connectivity index (χ4n) is 3.21. The molecule has 1 aliphatic heterocycles. The first-order valence-electron chi connectivity index (χ1n) is 6.75. The number of aliphatic hydroxyl groups is 1. The summed E-state index contributed by atoms with van der Waals surface area (Å²) < 4.78 is 0. The zero-order valence-electron chi connectivity index (χ0n) is 10.9. The Morgan fingerprint density at radius 2 is 2.11 bits per heavy atom. The highest BCUT2D eigenvalue weighted by molar-refractivity contribution is 7.80. The highest BCUT2D eigenvalue weighted by atomic mass is 32.1. The van der Waals surface area contributed by atoms with Crippen LogP contribution in [-0.2, 0) is 4.79 Å². The van der Waals surface area contributed by atoms with Crippen LogP contribution < -0.4 is 5.73 Å². The number of amides is 1. The van der Waals surface area contributed by atoms with E-state index in [1.807, 2.05) is 4.90 Å². The van der Waals surface area contributed by atoms with Gasteiger partial charge in [0, 0.05) is 19.0 Å². The Labute approximate surface area is 114 Å². The van der Waals surface area contributed by atoms with E-state index in [-0.39, 0.29) is 17.9 Å². The number of hydrogen-bond acceptors (Lipinski definition) is 3. The molecule has 1 saturated carbocycles. The van der Waals surface area contributed by atoms with Crippen molar-refractivity contribution in [3.05, 3.63) is 0 Å². The van der Waals surface area contributed by atoms with Crippen LogP contribution in [0.15, 0.2) is 0 Å². The Kier molecular flexibility index (Phi) is 3.92. The molecule has 0 radical (unpaired) electrons. The number of likely N-dealkylation sites (tertiary alicyclic amines) is 1. The lowest BCUT2D eigenvalue weighted by Crippen LogP contribution is -2.48. The molecule has 2 atom stereocenters. The molecule has 0 aromatic rings. The van der Waals surface area contributed by atoms with Crippen LogP contribution in [0.5, 0.6) is 0 Å². The first kappa shape index (κ1) is 13.7. The first-order chi connectivity index (χ1) is 8.47. The molecule has 2 aliphatic rings. The molecule has 2 fully saturated rings. The summed E-state index contributed by atoms with van der Waals surface area (Å²) in [6, 6.07) is 0. The molecule has 5 heteroatoms. The second kappa shape index (κ2) is 5.13. The highest BCUT2D eigenvalue weighted by Gasteiger charge is 2.47. The van der Waals surface area contributed by atoms with Crippen molar-refractivity contribution in [2.24, 2.45) is 17.1 Å². The Balaban J connectivity index is 2.09. The third-order valence-electron chi connectivity index (χ3n) is 4.53. The van der Waals surface area contributed by atoms with Gasteiger partial charge in [-0.05, 0) is 26.2 Å². The Morgan fingerprint density at radius 3 is 2.56 bits per heavy atom. The van der Waals surface area contributed by atoms with Crippen molar-refractivity contribution in [1.29, 1.82) is 0 Å². The number of carbonyl (C=O) groups excluding carboxylic acids is 1. The molecule has 4 nitrogen and oxygen atoms in total. The van der Waals surface area contributed by atoms with E-state index in [0.29, 0.717) is 11.5 Å². The lowest BCUT2D eigenvalue weighted by atomic mass is 9.84. The summed E-state index contributed by atoms with van der Waals surface area (Å²) in [5, 5.41) is 9.60. The van der Waals surface area contributed by atoms with Gasteiger partial charge in [0.1, 0.15) is 0 Å². The highest BCUT2D eigenvalue weighted by Crippen LogP contribution is 2.41. The molecular formula is C13H22N2O2S. The van der Waals surface area contributed by atoms with Crippen LogP contribution in [0.25, 0.3) is 0 Å². The summed E-state index contributed by atoms with van der Waals surface area (Å²) in [5.41, 5.74) is 5.24. The molecule has 2 rings (SSSR count). The van der Waals surface area contributed by atoms with E-state index in [1.54, 1.807) is 6.92 Å². The van der Waals surface area contributed by atoms with Crippen LogP contribution in [0, 0.1) is 11.3 Å². The third-order valence-corrected chi connectivity index (χ3v) is 4.92. The van der Waals surface area contributed by atoms with E-state index in [2.05, 4.69) is 0 Å². The van der Waals surface area contributed by atoms with Crippen LogP contribution in [0.4, 0.5) is 0 Å². The number of hydrogen-bond donors (Lipinski definition) is 2. The maximum absolute atomic E-state index is 12.7. The third kappa shape index (κ3) is 2.26. The molecule has 102 valence electrons. The fourth-order valence-corrected chi connectivity index (χ4v) is 3.50. The minimum Gasteiger partial charge on any atom is -0.393 e. The second-order valence-corrected chi connectivity index (χ2v) is 6.13. The number of carbonyl (C=O) groups is 1. The van der Waals surface area contributed by atoms with Crippen molar-refractivity contribution in [3.8, 4) is 0 Å². The molecule has 0 bridgehead atoms. The van der Waals surface area contributed by atoms with Gasteiger partial charge < -0.3 is 15.7 Å². The van der Waals surface area contributed by atoms with Crippen molar-refractivity contribution < 1.29 is 9.90 Å². The molecule has 1 heterocycles. The molecule has 1 saturated heterocycles. The standard InChI is InChI=1S/C13H22N2O2S/c1-9(16)10-4-7-15(8-10)12(17)13(11(14)18)5-2-3-6-13/h9-10,16H,2-8H2,1H3,(H2,14,18). The SMILES string of the molecule is CC(O)C1CCN(C(=O)C2(C(N)=S)CCCC2)C1. The van der Waals surface area contributed by atoms with Gasteiger partial charge in [-0.3, -0.25) is 4.79 Å². The van der Waals surface area contributed by atoms with E-state index in [0.717, 1.165) is 38.6 Å². The lowest BCUT2D eigenvalue weighted by molar-refractivity contribution is -0.137. The number of aliphatic hydroxyl groups excluding tert-OH is 1. The van der Waals surface area contributed by atoms with Gasteiger partial charge in [0.2, 0.25) is 5.91 Å². The Hall–Kier alpha value is -0.680. The van der Waals surface area contributed by atoms with Crippen molar-refractivity contribution in [3.63, 3.8) is 0 Å². The predicted molar refractivity (Wildman–Crippen MR) is 74.1 cm³/mol. The summed E-state index contributed by atoms with van der Waals surface area (Å²) in [6.07, 6.45) is 4.14. The van der Waals surface area contributed by atoms with Crippen LogP contribution in [0.2, 0.25) is 0 Å². The smallest absolute Gasteiger partial charge is 0.235 e. The predicted octanol–water partition coefficient (Wildman–Crippen LogP) is 1.06. The van der Waals surface area contributed by atoms with E-state index < -0.39 is 5.41 Å². The number of nitrogens with two attached hydrogens (primary N) is 1. The molecule has 1 aliphatic carbocycles. The Morgan fingerprint density at radius 1 is 1.50 bits per heavy atom. The van der Waals surface area contributed by atoms with Gasteiger partial charge in [-0.15, -0.1) is 0 Å². The van der Waals surface area contributed by atoms with Gasteiger partial charge >= 0.3 is 0 Å². The first-order valence-corrected chi connectivity index (χ1v) is 7.15. The molecule has 0 spiro atoms. The maximum atomic E-state index is 12.7. The maximum Gasteiger partial charge on any atom is 0.235 e. The van der Waals surface area contributed by atoms with Crippen LogP contribution in [0.3, 0.4) is 0 Å². The summed E-state index contributed by atoms with van der Waals surface area (Å²) in [7, 11) is 0. The zero-order chi connectivity index (χ0) is 13.3. The Bertz CT molecular complexity index is 351. The molecular weight excluding hydrogens is 248 g/mol. The van der Waals surface area contributed by atoms with Gasteiger partial charge in [0.15, 0.2) is 0 Å². The topological polar surface area (TPSA) is 66.6 Å². The van der Waals surface area contributed by atoms with Crippen LogP contribution in [0.1, 0.15) is 39.0 Å². The van der Waals surface area contributed by atoms with Gasteiger partial charge in [-0.1, -0.05) is 25.1 Å².